The second kappa shape index (κ2) is 9.86. The molecule has 1 atom stereocenters. The standard InChI is InChI=1S/C23H28N2O7/c1-22(2,3)32-21(28)24-14-23(10-12-29-15-23)25-20(27)19-18(17(26)9-11-30-19)31-13-16-7-5-4-6-8-16/h4-9,11H,10,12-15H2,1-3H3,(H,24,28)(H,25,27). The zero-order valence-corrected chi connectivity index (χ0v) is 18.4. The summed E-state index contributed by atoms with van der Waals surface area (Å²) in [6.45, 7) is 6.07. The van der Waals surface area contributed by atoms with Crippen LogP contribution in [0.25, 0.3) is 0 Å². The summed E-state index contributed by atoms with van der Waals surface area (Å²) < 4.78 is 21.7. The van der Waals surface area contributed by atoms with Crippen LogP contribution in [0, 0.1) is 0 Å². The van der Waals surface area contributed by atoms with Crippen LogP contribution in [0.5, 0.6) is 5.75 Å². The molecule has 1 saturated heterocycles. The molecule has 2 heterocycles. The van der Waals surface area contributed by atoms with Gasteiger partial charge in [-0.15, -0.1) is 0 Å². The van der Waals surface area contributed by atoms with Crippen LogP contribution in [0.1, 0.15) is 43.3 Å². The van der Waals surface area contributed by atoms with Gasteiger partial charge < -0.3 is 29.3 Å². The lowest BCUT2D eigenvalue weighted by Gasteiger charge is -2.29. The Kier molecular flexibility index (Phi) is 7.19. The monoisotopic (exact) mass is 444 g/mol. The summed E-state index contributed by atoms with van der Waals surface area (Å²) >= 11 is 0. The van der Waals surface area contributed by atoms with Crippen LogP contribution in [-0.4, -0.2) is 42.9 Å². The van der Waals surface area contributed by atoms with Crippen LogP contribution in [0.3, 0.4) is 0 Å². The van der Waals surface area contributed by atoms with Gasteiger partial charge in [-0.2, -0.15) is 0 Å². The van der Waals surface area contributed by atoms with Crippen molar-refractivity contribution < 1.29 is 28.2 Å². The summed E-state index contributed by atoms with van der Waals surface area (Å²) in [5.74, 6) is -1.05. The topological polar surface area (TPSA) is 116 Å². The summed E-state index contributed by atoms with van der Waals surface area (Å²) in [7, 11) is 0. The number of hydrogen-bond donors (Lipinski definition) is 2. The highest BCUT2D eigenvalue weighted by molar-refractivity contribution is 5.94. The van der Waals surface area contributed by atoms with Crippen molar-refractivity contribution in [1.29, 1.82) is 0 Å². The Labute approximate surface area is 186 Å². The predicted molar refractivity (Wildman–Crippen MR) is 116 cm³/mol. The van der Waals surface area contributed by atoms with Crippen molar-refractivity contribution in [3.63, 3.8) is 0 Å². The van der Waals surface area contributed by atoms with E-state index in [1.165, 1.54) is 6.07 Å². The zero-order chi connectivity index (χ0) is 23.2. The van der Waals surface area contributed by atoms with E-state index < -0.39 is 28.6 Å². The Hall–Kier alpha value is -3.33. The van der Waals surface area contributed by atoms with Crippen LogP contribution < -0.4 is 20.8 Å². The van der Waals surface area contributed by atoms with Gasteiger partial charge in [0.25, 0.3) is 5.91 Å². The molecule has 1 aliphatic heterocycles. The van der Waals surface area contributed by atoms with Gasteiger partial charge in [-0.05, 0) is 32.8 Å². The van der Waals surface area contributed by atoms with Crippen LogP contribution in [0.4, 0.5) is 4.79 Å². The van der Waals surface area contributed by atoms with Crippen molar-refractivity contribution in [1.82, 2.24) is 10.6 Å². The molecule has 1 fully saturated rings. The molecule has 2 aromatic rings. The number of benzene rings is 1. The third-order valence-electron chi connectivity index (χ3n) is 4.72. The maximum absolute atomic E-state index is 13.0. The largest absolute Gasteiger partial charge is 0.481 e. The molecule has 0 saturated carbocycles. The first kappa shape index (κ1) is 23.3. The third kappa shape index (κ3) is 6.34. The van der Waals surface area contributed by atoms with Gasteiger partial charge in [0.1, 0.15) is 12.2 Å². The molecule has 0 bridgehead atoms. The molecule has 0 spiro atoms. The van der Waals surface area contributed by atoms with E-state index in [2.05, 4.69) is 10.6 Å². The fraction of sp³-hybridized carbons (Fsp3) is 0.435. The predicted octanol–water partition coefficient (Wildman–Crippen LogP) is 2.63. The number of carbonyl (C=O) groups excluding carboxylic acids is 2. The van der Waals surface area contributed by atoms with Crippen LogP contribution in [0.15, 0.2) is 51.9 Å². The molecular weight excluding hydrogens is 416 g/mol. The van der Waals surface area contributed by atoms with Crippen molar-refractivity contribution in [2.24, 2.45) is 0 Å². The molecule has 1 aromatic heterocycles. The number of alkyl carbamates (subject to hydrolysis) is 1. The van der Waals surface area contributed by atoms with Crippen molar-refractivity contribution in [2.45, 2.75) is 44.9 Å². The lowest BCUT2D eigenvalue weighted by molar-refractivity contribution is 0.0498. The minimum Gasteiger partial charge on any atom is -0.481 e. The van der Waals surface area contributed by atoms with Crippen molar-refractivity contribution in [3.05, 3.63) is 64.2 Å². The molecule has 172 valence electrons. The van der Waals surface area contributed by atoms with Crippen LogP contribution in [0.2, 0.25) is 0 Å². The molecule has 0 radical (unpaired) electrons. The summed E-state index contributed by atoms with van der Waals surface area (Å²) in [6.07, 6.45) is 1.01. The lowest BCUT2D eigenvalue weighted by atomic mass is 9.98. The van der Waals surface area contributed by atoms with Gasteiger partial charge in [0.2, 0.25) is 16.9 Å². The first-order chi connectivity index (χ1) is 15.2. The van der Waals surface area contributed by atoms with Gasteiger partial charge in [0, 0.05) is 19.2 Å². The number of rotatable bonds is 7. The normalized spacial score (nSPS) is 18.1. The van der Waals surface area contributed by atoms with E-state index >= 15 is 0 Å². The highest BCUT2D eigenvalue weighted by atomic mass is 16.6. The highest BCUT2D eigenvalue weighted by Crippen LogP contribution is 2.21. The minimum atomic E-state index is -0.876. The molecule has 2 amide bonds. The number of hydrogen-bond acceptors (Lipinski definition) is 7. The summed E-state index contributed by atoms with van der Waals surface area (Å²) in [6, 6.07) is 10.4. The molecule has 3 rings (SSSR count). The van der Waals surface area contributed by atoms with E-state index in [1.807, 2.05) is 30.3 Å². The number of amides is 2. The maximum atomic E-state index is 13.0. The number of ether oxygens (including phenoxy) is 3. The van der Waals surface area contributed by atoms with Crippen LogP contribution in [-0.2, 0) is 16.1 Å². The van der Waals surface area contributed by atoms with Gasteiger partial charge in [-0.3, -0.25) is 9.59 Å². The SMILES string of the molecule is CC(C)(C)OC(=O)NCC1(NC(=O)c2occc(=O)c2OCc2ccccc2)CCOC1. The molecule has 9 heteroatoms. The first-order valence-corrected chi connectivity index (χ1v) is 10.3. The second-order valence-electron chi connectivity index (χ2n) is 8.61. The maximum Gasteiger partial charge on any atom is 0.407 e. The van der Waals surface area contributed by atoms with Crippen LogP contribution >= 0.6 is 0 Å². The lowest BCUT2D eigenvalue weighted by Crippen LogP contribution is -2.56. The molecule has 1 aromatic carbocycles. The molecule has 32 heavy (non-hydrogen) atoms. The van der Waals surface area contributed by atoms with Gasteiger partial charge >= 0.3 is 6.09 Å². The van der Waals surface area contributed by atoms with E-state index in [0.29, 0.717) is 13.0 Å². The molecule has 0 aliphatic carbocycles. The Morgan fingerprint density at radius 1 is 1.16 bits per heavy atom. The Balaban J connectivity index is 1.72. The smallest absolute Gasteiger partial charge is 0.407 e. The fourth-order valence-corrected chi connectivity index (χ4v) is 3.17. The second-order valence-corrected chi connectivity index (χ2v) is 8.61. The molecule has 2 N–H and O–H groups in total. The third-order valence-corrected chi connectivity index (χ3v) is 4.72. The molecule has 9 nitrogen and oxygen atoms in total. The summed E-state index contributed by atoms with van der Waals surface area (Å²) in [4.78, 5) is 37.5. The van der Waals surface area contributed by atoms with E-state index in [1.54, 1.807) is 20.8 Å². The fourth-order valence-electron chi connectivity index (χ4n) is 3.17. The van der Waals surface area contributed by atoms with Gasteiger partial charge in [0.05, 0.1) is 18.4 Å². The van der Waals surface area contributed by atoms with Crippen molar-refractivity contribution in [3.8, 4) is 5.75 Å². The van der Waals surface area contributed by atoms with Gasteiger partial charge in [-0.25, -0.2) is 4.79 Å². The summed E-state index contributed by atoms with van der Waals surface area (Å²) in [5, 5.41) is 5.52. The van der Waals surface area contributed by atoms with E-state index in [4.69, 9.17) is 18.6 Å². The first-order valence-electron chi connectivity index (χ1n) is 10.3. The Morgan fingerprint density at radius 2 is 1.91 bits per heavy atom. The average molecular weight is 444 g/mol. The van der Waals surface area contributed by atoms with Gasteiger partial charge in [-0.1, -0.05) is 30.3 Å². The van der Waals surface area contributed by atoms with Crippen molar-refractivity contribution >= 4 is 12.0 Å². The van der Waals surface area contributed by atoms with E-state index in [-0.39, 0.29) is 31.3 Å². The molecule has 1 aliphatic rings. The highest BCUT2D eigenvalue weighted by Gasteiger charge is 2.39. The quantitative estimate of drug-likeness (QED) is 0.674. The van der Waals surface area contributed by atoms with Crippen molar-refractivity contribution in [2.75, 3.05) is 19.8 Å². The Bertz CT molecular complexity index is 989. The minimum absolute atomic E-state index is 0.0882. The number of nitrogens with one attached hydrogen (secondary N) is 2. The number of carbonyl (C=O) groups is 2. The van der Waals surface area contributed by atoms with E-state index in [0.717, 1.165) is 11.8 Å². The average Bonchev–Trinajstić information content (AvgIpc) is 3.19. The molecular formula is C23H28N2O7. The van der Waals surface area contributed by atoms with E-state index in [9.17, 15) is 14.4 Å². The zero-order valence-electron chi connectivity index (χ0n) is 18.4. The summed E-state index contributed by atoms with van der Waals surface area (Å²) in [5.41, 5.74) is -1.16. The Morgan fingerprint density at radius 3 is 2.56 bits per heavy atom. The molecule has 1 unspecified atom stereocenters. The van der Waals surface area contributed by atoms with Gasteiger partial charge in [0.15, 0.2) is 0 Å².